The fraction of sp³-hybridized carbons (Fsp3) is 1.00. The summed E-state index contributed by atoms with van der Waals surface area (Å²) in [5.41, 5.74) is 6.48. The van der Waals surface area contributed by atoms with Gasteiger partial charge in [-0.25, -0.2) is 0 Å². The first-order chi connectivity index (χ1) is 9.04. The molecular formula is C15H30N2O2. The zero-order valence-electron chi connectivity index (χ0n) is 12.7. The Morgan fingerprint density at radius 2 is 2.00 bits per heavy atom. The first-order valence-electron chi connectivity index (χ1n) is 7.67. The molecule has 2 aliphatic rings. The van der Waals surface area contributed by atoms with E-state index in [0.29, 0.717) is 12.1 Å². The second kappa shape index (κ2) is 6.08. The summed E-state index contributed by atoms with van der Waals surface area (Å²) in [5.74, 6) is 0. The lowest BCUT2D eigenvalue weighted by atomic mass is 9.64. The Bertz CT molecular complexity index is 288. The average molecular weight is 270 g/mol. The van der Waals surface area contributed by atoms with Crippen LogP contribution in [0, 0.1) is 10.8 Å². The third-order valence-electron chi connectivity index (χ3n) is 5.26. The minimum atomic E-state index is 0.233. The van der Waals surface area contributed by atoms with Crippen molar-refractivity contribution in [2.45, 2.75) is 52.2 Å². The second-order valence-corrected chi connectivity index (χ2v) is 6.75. The van der Waals surface area contributed by atoms with E-state index in [1.54, 1.807) is 0 Å². The van der Waals surface area contributed by atoms with Crippen LogP contribution in [0.2, 0.25) is 0 Å². The number of nitrogens with one attached hydrogen (secondary N) is 1. The summed E-state index contributed by atoms with van der Waals surface area (Å²) in [6.45, 7) is 11.0. The molecule has 0 aromatic rings. The first kappa shape index (κ1) is 15.2. The van der Waals surface area contributed by atoms with Crippen LogP contribution in [0.5, 0.6) is 0 Å². The van der Waals surface area contributed by atoms with Crippen LogP contribution in [0.25, 0.3) is 0 Å². The van der Waals surface area contributed by atoms with Crippen LogP contribution in [-0.2, 0) is 9.47 Å². The molecule has 2 unspecified atom stereocenters. The molecule has 0 spiro atoms. The molecule has 1 saturated heterocycles. The smallest absolute Gasteiger partial charge is 0.0655 e. The Hall–Kier alpha value is -0.160. The van der Waals surface area contributed by atoms with E-state index in [-0.39, 0.29) is 10.8 Å². The minimum absolute atomic E-state index is 0.233. The highest BCUT2D eigenvalue weighted by Crippen LogP contribution is 2.43. The third-order valence-corrected chi connectivity index (χ3v) is 5.26. The van der Waals surface area contributed by atoms with Crippen LogP contribution in [0.4, 0.5) is 0 Å². The highest BCUT2D eigenvalue weighted by Gasteiger charge is 2.49. The van der Waals surface area contributed by atoms with E-state index < -0.39 is 0 Å². The molecule has 4 nitrogen and oxygen atoms in total. The van der Waals surface area contributed by atoms with Gasteiger partial charge in [0, 0.05) is 37.8 Å². The maximum absolute atomic E-state index is 6.01. The van der Waals surface area contributed by atoms with Crippen LogP contribution in [0.15, 0.2) is 0 Å². The molecule has 3 N–H and O–H groups in total. The van der Waals surface area contributed by atoms with Crippen LogP contribution in [0.1, 0.15) is 40.0 Å². The first-order valence-corrected chi connectivity index (χ1v) is 7.67. The van der Waals surface area contributed by atoms with Gasteiger partial charge in [-0.2, -0.15) is 0 Å². The molecule has 0 bridgehead atoms. The zero-order valence-corrected chi connectivity index (χ0v) is 12.7. The molecule has 4 heteroatoms. The van der Waals surface area contributed by atoms with Crippen molar-refractivity contribution in [2.24, 2.45) is 16.6 Å². The van der Waals surface area contributed by atoms with Gasteiger partial charge < -0.3 is 20.5 Å². The molecule has 2 atom stereocenters. The molecular weight excluding hydrogens is 240 g/mol. The molecule has 0 aromatic carbocycles. The highest BCUT2D eigenvalue weighted by molar-refractivity contribution is 5.03. The summed E-state index contributed by atoms with van der Waals surface area (Å²) < 4.78 is 11.2. The van der Waals surface area contributed by atoms with Crippen molar-refractivity contribution in [1.82, 2.24) is 5.32 Å². The largest absolute Gasteiger partial charge is 0.381 e. The molecule has 0 amide bonds. The lowest BCUT2D eigenvalue weighted by molar-refractivity contribution is -0.117. The van der Waals surface area contributed by atoms with Crippen molar-refractivity contribution < 1.29 is 9.47 Å². The monoisotopic (exact) mass is 270 g/mol. The fourth-order valence-electron chi connectivity index (χ4n) is 3.31. The van der Waals surface area contributed by atoms with Crippen molar-refractivity contribution >= 4 is 0 Å². The van der Waals surface area contributed by atoms with E-state index in [1.807, 2.05) is 0 Å². The van der Waals surface area contributed by atoms with Crippen molar-refractivity contribution in [3.05, 3.63) is 0 Å². The molecule has 1 aliphatic carbocycles. The molecule has 1 aliphatic heterocycles. The maximum atomic E-state index is 6.01. The van der Waals surface area contributed by atoms with Crippen LogP contribution in [-0.4, -0.2) is 45.1 Å². The van der Waals surface area contributed by atoms with Gasteiger partial charge in [0.1, 0.15) is 0 Å². The molecule has 2 rings (SSSR count). The van der Waals surface area contributed by atoms with Crippen molar-refractivity contribution in [1.29, 1.82) is 0 Å². The van der Waals surface area contributed by atoms with Gasteiger partial charge in [-0.3, -0.25) is 0 Å². The normalized spacial score (nSPS) is 32.8. The Labute approximate surface area is 117 Å². The van der Waals surface area contributed by atoms with Gasteiger partial charge in [0.15, 0.2) is 0 Å². The van der Waals surface area contributed by atoms with Crippen molar-refractivity contribution in [2.75, 3.05) is 32.9 Å². The molecule has 0 aromatic heterocycles. The summed E-state index contributed by atoms with van der Waals surface area (Å²) in [6.07, 6.45) is 3.69. The Balaban J connectivity index is 1.82. The Morgan fingerprint density at radius 1 is 1.32 bits per heavy atom. The lowest BCUT2D eigenvalue weighted by Gasteiger charge is -2.53. The van der Waals surface area contributed by atoms with Gasteiger partial charge >= 0.3 is 0 Å². The predicted molar refractivity (Wildman–Crippen MR) is 77.1 cm³/mol. The lowest BCUT2D eigenvalue weighted by Crippen LogP contribution is -2.62. The minimum Gasteiger partial charge on any atom is -0.381 e. The van der Waals surface area contributed by atoms with Gasteiger partial charge in [-0.15, -0.1) is 0 Å². The molecule has 0 radical (unpaired) electrons. The Kier molecular flexibility index (Phi) is 4.88. The second-order valence-electron chi connectivity index (χ2n) is 6.75. The third kappa shape index (κ3) is 3.13. The predicted octanol–water partition coefficient (Wildman–Crippen LogP) is 1.54. The summed E-state index contributed by atoms with van der Waals surface area (Å²) in [6, 6.07) is 0.551. The summed E-state index contributed by atoms with van der Waals surface area (Å²) in [7, 11) is 0. The number of ether oxygens (including phenoxy) is 2. The van der Waals surface area contributed by atoms with E-state index in [1.165, 1.54) is 0 Å². The molecule has 1 saturated carbocycles. The average Bonchev–Trinajstić information content (AvgIpc) is 2.43. The van der Waals surface area contributed by atoms with Crippen LogP contribution in [0.3, 0.4) is 0 Å². The zero-order chi connectivity index (χ0) is 13.9. The quantitative estimate of drug-likeness (QED) is 0.768. The van der Waals surface area contributed by atoms with Crippen molar-refractivity contribution in [3.63, 3.8) is 0 Å². The number of hydrogen-bond acceptors (Lipinski definition) is 4. The van der Waals surface area contributed by atoms with E-state index >= 15 is 0 Å². The molecule has 19 heavy (non-hydrogen) atoms. The number of rotatable bonds is 6. The molecule has 1 heterocycles. The number of hydrogen-bond donors (Lipinski definition) is 2. The standard InChI is InChI=1S/C15H30N2O2/c1-4-19-13-9-12(14(13,2)3)17-11-15(10-16)5-7-18-8-6-15/h12-13,17H,4-11,16H2,1-3H3. The van der Waals surface area contributed by atoms with Crippen molar-refractivity contribution in [3.8, 4) is 0 Å². The van der Waals surface area contributed by atoms with Gasteiger partial charge in [0.25, 0.3) is 0 Å². The van der Waals surface area contributed by atoms with E-state index in [4.69, 9.17) is 15.2 Å². The Morgan fingerprint density at radius 3 is 2.53 bits per heavy atom. The topological polar surface area (TPSA) is 56.5 Å². The molecule has 112 valence electrons. The SMILES string of the molecule is CCOC1CC(NCC2(CN)CCOCC2)C1(C)C. The van der Waals surface area contributed by atoms with Gasteiger partial charge in [0.2, 0.25) is 0 Å². The van der Waals surface area contributed by atoms with E-state index in [2.05, 4.69) is 26.1 Å². The fourth-order valence-corrected chi connectivity index (χ4v) is 3.31. The highest BCUT2D eigenvalue weighted by atomic mass is 16.5. The van der Waals surface area contributed by atoms with Crippen LogP contribution < -0.4 is 11.1 Å². The van der Waals surface area contributed by atoms with E-state index in [9.17, 15) is 0 Å². The van der Waals surface area contributed by atoms with E-state index in [0.717, 1.165) is 52.2 Å². The summed E-state index contributed by atoms with van der Waals surface area (Å²) >= 11 is 0. The van der Waals surface area contributed by atoms with Gasteiger partial charge in [0.05, 0.1) is 6.10 Å². The summed E-state index contributed by atoms with van der Waals surface area (Å²) in [5, 5.41) is 3.74. The maximum Gasteiger partial charge on any atom is 0.0655 e. The number of nitrogens with two attached hydrogens (primary N) is 1. The summed E-state index contributed by atoms with van der Waals surface area (Å²) in [4.78, 5) is 0. The van der Waals surface area contributed by atoms with Gasteiger partial charge in [-0.05, 0) is 38.1 Å². The van der Waals surface area contributed by atoms with Crippen LogP contribution >= 0.6 is 0 Å². The molecule has 2 fully saturated rings. The van der Waals surface area contributed by atoms with Gasteiger partial charge in [-0.1, -0.05) is 13.8 Å².